The molecule has 0 saturated heterocycles. The maximum atomic E-state index is 10.5. The van der Waals surface area contributed by atoms with Gasteiger partial charge in [0.05, 0.1) is 6.10 Å². The number of rotatable bonds is 5. The van der Waals surface area contributed by atoms with Gasteiger partial charge in [0.2, 0.25) is 0 Å². The van der Waals surface area contributed by atoms with E-state index in [0.717, 1.165) is 0 Å². The van der Waals surface area contributed by atoms with Crippen molar-refractivity contribution in [3.63, 3.8) is 0 Å². The van der Waals surface area contributed by atoms with Crippen molar-refractivity contribution in [2.75, 3.05) is 20.8 Å². The van der Waals surface area contributed by atoms with Crippen molar-refractivity contribution in [3.05, 3.63) is 0 Å². The standard InChI is InChI=1S/C8H16O4/c1-6(10-3)8(11-4)5-12-7(2)9/h6,8H,5H2,1-4H3. The third kappa shape index (κ3) is 4.31. The minimum atomic E-state index is -0.305. The van der Waals surface area contributed by atoms with Crippen molar-refractivity contribution in [1.29, 1.82) is 0 Å². The number of carbonyl (C=O) groups excluding carboxylic acids is 1. The highest BCUT2D eigenvalue weighted by Gasteiger charge is 2.16. The van der Waals surface area contributed by atoms with Gasteiger partial charge in [-0.25, -0.2) is 0 Å². The predicted molar refractivity (Wildman–Crippen MR) is 43.9 cm³/mol. The van der Waals surface area contributed by atoms with E-state index in [1.54, 1.807) is 14.2 Å². The highest BCUT2D eigenvalue weighted by Crippen LogP contribution is 2.02. The Labute approximate surface area is 72.8 Å². The van der Waals surface area contributed by atoms with Gasteiger partial charge in [0.15, 0.2) is 0 Å². The summed E-state index contributed by atoms with van der Waals surface area (Å²) in [5.41, 5.74) is 0. The first kappa shape index (κ1) is 11.4. The molecule has 2 atom stereocenters. The van der Waals surface area contributed by atoms with Crippen LogP contribution in [0.15, 0.2) is 0 Å². The summed E-state index contributed by atoms with van der Waals surface area (Å²) in [5, 5.41) is 0. The molecule has 0 spiro atoms. The molecule has 0 aliphatic rings. The molecule has 0 bridgehead atoms. The monoisotopic (exact) mass is 176 g/mol. The van der Waals surface area contributed by atoms with Gasteiger partial charge in [-0.1, -0.05) is 0 Å². The lowest BCUT2D eigenvalue weighted by Crippen LogP contribution is -2.32. The molecule has 0 heterocycles. The lowest BCUT2D eigenvalue weighted by atomic mass is 10.2. The van der Waals surface area contributed by atoms with Crippen molar-refractivity contribution < 1.29 is 19.0 Å². The third-order valence-electron chi connectivity index (χ3n) is 1.65. The minimum absolute atomic E-state index is 0.0747. The lowest BCUT2D eigenvalue weighted by molar-refractivity contribution is -0.147. The van der Waals surface area contributed by atoms with Crippen LogP contribution in [0.5, 0.6) is 0 Å². The number of methoxy groups -OCH3 is 2. The van der Waals surface area contributed by atoms with Crippen LogP contribution >= 0.6 is 0 Å². The van der Waals surface area contributed by atoms with E-state index < -0.39 is 0 Å². The van der Waals surface area contributed by atoms with Crippen LogP contribution in [0.4, 0.5) is 0 Å². The van der Waals surface area contributed by atoms with Crippen LogP contribution in [0.3, 0.4) is 0 Å². The van der Waals surface area contributed by atoms with E-state index in [-0.39, 0.29) is 24.8 Å². The maximum absolute atomic E-state index is 10.5. The number of hydrogen-bond acceptors (Lipinski definition) is 4. The number of carbonyl (C=O) groups is 1. The Morgan fingerprint density at radius 2 is 1.92 bits per heavy atom. The fourth-order valence-electron chi connectivity index (χ4n) is 0.746. The van der Waals surface area contributed by atoms with Crippen molar-refractivity contribution in [2.24, 2.45) is 0 Å². The molecule has 0 aliphatic heterocycles. The SMILES string of the molecule is COC(C)C(COC(C)=O)OC. The summed E-state index contributed by atoms with van der Waals surface area (Å²) < 4.78 is 14.8. The van der Waals surface area contributed by atoms with E-state index in [1.807, 2.05) is 6.92 Å². The molecule has 0 fully saturated rings. The molecule has 2 unspecified atom stereocenters. The molecule has 4 nitrogen and oxygen atoms in total. The zero-order valence-electron chi connectivity index (χ0n) is 7.99. The molecule has 0 aromatic rings. The number of ether oxygens (including phenoxy) is 3. The average Bonchev–Trinajstić information content (AvgIpc) is 2.04. The van der Waals surface area contributed by atoms with Crippen LogP contribution in [-0.4, -0.2) is 39.0 Å². The van der Waals surface area contributed by atoms with E-state index in [9.17, 15) is 4.79 Å². The molecule has 0 saturated carbocycles. The second-order valence-corrected chi connectivity index (χ2v) is 2.52. The Hall–Kier alpha value is -0.610. The molecule has 0 aromatic carbocycles. The highest BCUT2D eigenvalue weighted by molar-refractivity contribution is 5.65. The van der Waals surface area contributed by atoms with Crippen LogP contribution < -0.4 is 0 Å². The molecule has 0 aliphatic carbocycles. The Balaban J connectivity index is 3.74. The van der Waals surface area contributed by atoms with Gasteiger partial charge in [-0.3, -0.25) is 4.79 Å². The van der Waals surface area contributed by atoms with Gasteiger partial charge in [0.1, 0.15) is 12.7 Å². The summed E-state index contributed by atoms with van der Waals surface area (Å²) in [4.78, 5) is 10.5. The maximum Gasteiger partial charge on any atom is 0.302 e. The molecule has 4 heteroatoms. The molecule has 0 radical (unpaired) electrons. The van der Waals surface area contributed by atoms with Crippen molar-refractivity contribution >= 4 is 5.97 Å². The minimum Gasteiger partial charge on any atom is -0.463 e. The second-order valence-electron chi connectivity index (χ2n) is 2.52. The Morgan fingerprint density at radius 1 is 1.33 bits per heavy atom. The summed E-state index contributed by atoms with van der Waals surface area (Å²) in [6.45, 7) is 3.46. The predicted octanol–water partition coefficient (Wildman–Crippen LogP) is 0.599. The smallest absolute Gasteiger partial charge is 0.302 e. The van der Waals surface area contributed by atoms with Crippen molar-refractivity contribution in [3.8, 4) is 0 Å². The molecular weight excluding hydrogens is 160 g/mol. The molecular formula is C8H16O4. The van der Waals surface area contributed by atoms with Crippen LogP contribution in [0, 0.1) is 0 Å². The molecule has 0 rings (SSSR count). The first-order valence-electron chi connectivity index (χ1n) is 3.80. The number of esters is 1. The summed E-state index contributed by atoms with van der Waals surface area (Å²) in [6, 6.07) is 0. The highest BCUT2D eigenvalue weighted by atomic mass is 16.6. The van der Waals surface area contributed by atoms with Crippen molar-refractivity contribution in [2.45, 2.75) is 26.1 Å². The molecule has 0 aromatic heterocycles. The van der Waals surface area contributed by atoms with Gasteiger partial charge in [0, 0.05) is 21.1 Å². The van der Waals surface area contributed by atoms with Gasteiger partial charge >= 0.3 is 5.97 Å². The van der Waals surface area contributed by atoms with Gasteiger partial charge in [-0.15, -0.1) is 0 Å². The van der Waals surface area contributed by atoms with Gasteiger partial charge < -0.3 is 14.2 Å². The molecule has 0 amide bonds. The van der Waals surface area contributed by atoms with E-state index >= 15 is 0 Å². The van der Waals surface area contributed by atoms with E-state index in [0.29, 0.717) is 0 Å². The van der Waals surface area contributed by atoms with E-state index in [1.165, 1.54) is 6.92 Å². The van der Waals surface area contributed by atoms with Crippen LogP contribution in [-0.2, 0) is 19.0 Å². The normalized spacial score (nSPS) is 15.3. The summed E-state index contributed by atoms with van der Waals surface area (Å²) >= 11 is 0. The van der Waals surface area contributed by atoms with Gasteiger partial charge in [-0.05, 0) is 6.92 Å². The third-order valence-corrected chi connectivity index (χ3v) is 1.65. The first-order valence-corrected chi connectivity index (χ1v) is 3.80. The summed E-state index contributed by atoms with van der Waals surface area (Å²) in [7, 11) is 3.15. The Bertz CT molecular complexity index is 135. The fourth-order valence-corrected chi connectivity index (χ4v) is 0.746. The summed E-state index contributed by atoms with van der Waals surface area (Å²) in [6.07, 6.45) is -0.270. The van der Waals surface area contributed by atoms with Crippen molar-refractivity contribution in [1.82, 2.24) is 0 Å². The quantitative estimate of drug-likeness (QED) is 0.575. The Kier molecular flexibility index (Phi) is 5.66. The number of hydrogen-bond donors (Lipinski definition) is 0. The second kappa shape index (κ2) is 5.97. The molecule has 0 N–H and O–H groups in total. The summed E-state index contributed by atoms with van der Waals surface area (Å²) in [5.74, 6) is -0.305. The lowest BCUT2D eigenvalue weighted by Gasteiger charge is -2.20. The van der Waals surface area contributed by atoms with Gasteiger partial charge in [-0.2, -0.15) is 0 Å². The van der Waals surface area contributed by atoms with Crippen LogP contribution in [0.25, 0.3) is 0 Å². The topological polar surface area (TPSA) is 44.8 Å². The average molecular weight is 176 g/mol. The Morgan fingerprint density at radius 3 is 2.25 bits per heavy atom. The zero-order valence-corrected chi connectivity index (χ0v) is 7.99. The van der Waals surface area contributed by atoms with Crippen LogP contribution in [0.2, 0.25) is 0 Å². The molecule has 72 valence electrons. The fraction of sp³-hybridized carbons (Fsp3) is 0.875. The zero-order chi connectivity index (χ0) is 9.56. The molecule has 12 heavy (non-hydrogen) atoms. The van der Waals surface area contributed by atoms with E-state index in [4.69, 9.17) is 14.2 Å². The van der Waals surface area contributed by atoms with Gasteiger partial charge in [0.25, 0.3) is 0 Å². The first-order chi connectivity index (χ1) is 5.61. The largest absolute Gasteiger partial charge is 0.463 e. The van der Waals surface area contributed by atoms with Crippen LogP contribution in [0.1, 0.15) is 13.8 Å². The van der Waals surface area contributed by atoms with E-state index in [2.05, 4.69) is 0 Å².